The number of likely N-dealkylation sites (tertiary alicyclic amines) is 2. The molecule has 0 radical (unpaired) electrons. The number of nitrogens with zero attached hydrogens (tertiary/aromatic N) is 2. The summed E-state index contributed by atoms with van der Waals surface area (Å²) >= 11 is 0. The Morgan fingerprint density at radius 2 is 1.61 bits per heavy atom. The van der Waals surface area contributed by atoms with Gasteiger partial charge in [0.2, 0.25) is 0 Å². The van der Waals surface area contributed by atoms with Crippen LogP contribution >= 0.6 is 0 Å². The van der Waals surface area contributed by atoms with E-state index < -0.39 is 5.97 Å². The van der Waals surface area contributed by atoms with Gasteiger partial charge in [-0.25, -0.2) is 4.79 Å². The lowest BCUT2D eigenvalue weighted by atomic mass is 9.89. The molecule has 1 N–H and O–H groups in total. The molecule has 5 nitrogen and oxygen atoms in total. The van der Waals surface area contributed by atoms with E-state index >= 15 is 0 Å². The predicted octanol–water partition coefficient (Wildman–Crippen LogP) is 1.49. The van der Waals surface area contributed by atoms with Crippen molar-refractivity contribution >= 4 is 12.0 Å². The Hall–Kier alpha value is -1.26. The number of carbonyl (C=O) groups is 2. The Bertz CT molecular complexity index is 345. The zero-order chi connectivity index (χ0) is 13.3. The highest BCUT2D eigenvalue weighted by atomic mass is 16.4. The molecule has 0 spiro atoms. The molecular formula is C13H22N2O3. The number of hydrogen-bond donors (Lipinski definition) is 1. The molecule has 18 heavy (non-hydrogen) atoms. The van der Waals surface area contributed by atoms with Crippen molar-refractivity contribution in [1.82, 2.24) is 9.80 Å². The highest BCUT2D eigenvalue weighted by Gasteiger charge is 2.34. The monoisotopic (exact) mass is 254 g/mol. The van der Waals surface area contributed by atoms with Crippen molar-refractivity contribution in [3.8, 4) is 0 Å². The second-order valence-corrected chi connectivity index (χ2v) is 5.74. The van der Waals surface area contributed by atoms with E-state index in [4.69, 9.17) is 5.11 Å². The van der Waals surface area contributed by atoms with Crippen LogP contribution in [0, 0.1) is 17.8 Å². The zero-order valence-electron chi connectivity index (χ0n) is 11.1. The molecular weight excluding hydrogens is 232 g/mol. The lowest BCUT2D eigenvalue weighted by Gasteiger charge is -2.37. The first-order chi connectivity index (χ1) is 8.49. The molecule has 0 aromatic rings. The van der Waals surface area contributed by atoms with E-state index in [1.807, 2.05) is 4.90 Å². The molecule has 3 atom stereocenters. The minimum Gasteiger partial charge on any atom is -0.481 e. The fourth-order valence-electron chi connectivity index (χ4n) is 2.77. The first-order valence-electron chi connectivity index (χ1n) is 6.75. The molecule has 2 amide bonds. The third-order valence-electron chi connectivity index (χ3n) is 4.41. The van der Waals surface area contributed by atoms with Gasteiger partial charge in [-0.15, -0.1) is 0 Å². The van der Waals surface area contributed by atoms with Gasteiger partial charge in [0.15, 0.2) is 0 Å². The van der Waals surface area contributed by atoms with Crippen LogP contribution < -0.4 is 0 Å². The van der Waals surface area contributed by atoms with Crippen LogP contribution in [0.15, 0.2) is 0 Å². The van der Waals surface area contributed by atoms with Gasteiger partial charge in [-0.2, -0.15) is 0 Å². The fraction of sp³-hybridized carbons (Fsp3) is 0.846. The van der Waals surface area contributed by atoms with Crippen LogP contribution in [0.5, 0.6) is 0 Å². The van der Waals surface area contributed by atoms with Gasteiger partial charge in [-0.3, -0.25) is 4.79 Å². The maximum atomic E-state index is 12.3. The summed E-state index contributed by atoms with van der Waals surface area (Å²) in [5.74, 6) is 0.0287. The smallest absolute Gasteiger partial charge is 0.320 e. The van der Waals surface area contributed by atoms with Gasteiger partial charge in [-0.05, 0) is 24.7 Å². The lowest BCUT2D eigenvalue weighted by molar-refractivity contribution is -0.141. The van der Waals surface area contributed by atoms with Crippen LogP contribution in [0.25, 0.3) is 0 Å². The first kappa shape index (κ1) is 13.2. The van der Waals surface area contributed by atoms with Crippen LogP contribution in [0.1, 0.15) is 26.7 Å². The lowest BCUT2D eigenvalue weighted by Crippen LogP contribution is -2.48. The molecule has 0 aliphatic carbocycles. The summed E-state index contributed by atoms with van der Waals surface area (Å²) in [5, 5.41) is 8.95. The quantitative estimate of drug-likeness (QED) is 0.771. The Kier molecular flexibility index (Phi) is 3.78. The van der Waals surface area contributed by atoms with Crippen molar-refractivity contribution in [2.45, 2.75) is 26.7 Å². The molecule has 2 fully saturated rings. The maximum absolute atomic E-state index is 12.3. The molecule has 2 heterocycles. The maximum Gasteiger partial charge on any atom is 0.320 e. The molecule has 3 unspecified atom stereocenters. The normalized spacial score (nSPS) is 32.7. The average molecular weight is 254 g/mol. The standard InChI is InChI=1S/C13H22N2O3/c1-9-3-5-14(7-10(9)2)13(18)15-6-4-11(8-15)12(16)17/h9-11H,3-8H2,1-2H3,(H,16,17). The van der Waals surface area contributed by atoms with Gasteiger partial charge >= 0.3 is 12.0 Å². The van der Waals surface area contributed by atoms with Gasteiger partial charge in [-0.1, -0.05) is 13.8 Å². The number of aliphatic carboxylic acids is 1. The number of rotatable bonds is 1. The van der Waals surface area contributed by atoms with E-state index in [9.17, 15) is 9.59 Å². The highest BCUT2D eigenvalue weighted by molar-refractivity contribution is 5.77. The number of carboxylic acids is 1. The molecule has 2 rings (SSSR count). The summed E-state index contributed by atoms with van der Waals surface area (Å²) in [6.07, 6.45) is 1.63. The van der Waals surface area contributed by atoms with Gasteiger partial charge < -0.3 is 14.9 Å². The van der Waals surface area contributed by atoms with Crippen molar-refractivity contribution in [1.29, 1.82) is 0 Å². The molecule has 0 saturated carbocycles. The second-order valence-electron chi connectivity index (χ2n) is 5.74. The van der Waals surface area contributed by atoms with Gasteiger partial charge in [0.05, 0.1) is 5.92 Å². The number of carboxylic acid groups (broad SMARTS) is 1. The molecule has 2 aliphatic heterocycles. The number of piperidine rings is 1. The topological polar surface area (TPSA) is 60.9 Å². The first-order valence-corrected chi connectivity index (χ1v) is 6.75. The van der Waals surface area contributed by atoms with Gasteiger partial charge in [0.25, 0.3) is 0 Å². The van der Waals surface area contributed by atoms with Gasteiger partial charge in [0, 0.05) is 26.2 Å². The third-order valence-corrected chi connectivity index (χ3v) is 4.41. The Balaban J connectivity index is 1.90. The largest absolute Gasteiger partial charge is 0.481 e. The van der Waals surface area contributed by atoms with Crippen LogP contribution in [0.3, 0.4) is 0 Å². The number of urea groups is 1. The summed E-state index contributed by atoms with van der Waals surface area (Å²) in [4.78, 5) is 26.7. The molecule has 0 aromatic carbocycles. The summed E-state index contributed by atoms with van der Waals surface area (Å²) in [6, 6.07) is 0.0255. The molecule has 0 aromatic heterocycles. The summed E-state index contributed by atoms with van der Waals surface area (Å²) in [7, 11) is 0. The molecule has 2 saturated heterocycles. The van der Waals surface area contributed by atoms with Crippen LogP contribution in [0.2, 0.25) is 0 Å². The Morgan fingerprint density at radius 3 is 2.17 bits per heavy atom. The van der Waals surface area contributed by atoms with E-state index in [-0.39, 0.29) is 11.9 Å². The Labute approximate surface area is 108 Å². The number of amides is 2. The van der Waals surface area contributed by atoms with Crippen molar-refractivity contribution in [3.63, 3.8) is 0 Å². The predicted molar refractivity (Wildman–Crippen MR) is 67.2 cm³/mol. The van der Waals surface area contributed by atoms with E-state index in [0.29, 0.717) is 31.3 Å². The molecule has 0 bridgehead atoms. The number of hydrogen-bond acceptors (Lipinski definition) is 2. The van der Waals surface area contributed by atoms with E-state index in [1.54, 1.807) is 4.90 Å². The fourth-order valence-corrected chi connectivity index (χ4v) is 2.77. The highest BCUT2D eigenvalue weighted by Crippen LogP contribution is 2.25. The second kappa shape index (κ2) is 5.16. The van der Waals surface area contributed by atoms with Crippen molar-refractivity contribution < 1.29 is 14.7 Å². The summed E-state index contributed by atoms with van der Waals surface area (Å²) < 4.78 is 0. The third kappa shape index (κ3) is 2.60. The zero-order valence-corrected chi connectivity index (χ0v) is 11.1. The van der Waals surface area contributed by atoms with Crippen molar-refractivity contribution in [2.24, 2.45) is 17.8 Å². The van der Waals surface area contributed by atoms with Crippen molar-refractivity contribution in [2.75, 3.05) is 26.2 Å². The van der Waals surface area contributed by atoms with Gasteiger partial charge in [0.1, 0.15) is 0 Å². The van der Waals surface area contributed by atoms with E-state index in [1.165, 1.54) is 0 Å². The average Bonchev–Trinajstić information content (AvgIpc) is 2.81. The van der Waals surface area contributed by atoms with E-state index in [0.717, 1.165) is 19.5 Å². The Morgan fingerprint density at radius 1 is 1.00 bits per heavy atom. The molecule has 5 heteroatoms. The van der Waals surface area contributed by atoms with E-state index in [2.05, 4.69) is 13.8 Å². The van der Waals surface area contributed by atoms with Crippen LogP contribution in [0.4, 0.5) is 4.79 Å². The minimum absolute atomic E-state index is 0.0255. The van der Waals surface area contributed by atoms with Crippen molar-refractivity contribution in [3.05, 3.63) is 0 Å². The SMILES string of the molecule is CC1CCN(C(=O)N2CCC(C(=O)O)C2)CC1C. The van der Waals surface area contributed by atoms with Crippen LogP contribution in [-0.4, -0.2) is 53.1 Å². The summed E-state index contributed by atoms with van der Waals surface area (Å²) in [5.41, 5.74) is 0. The minimum atomic E-state index is -0.786. The summed E-state index contributed by atoms with van der Waals surface area (Å²) in [6.45, 7) is 6.95. The van der Waals surface area contributed by atoms with Crippen LogP contribution in [-0.2, 0) is 4.79 Å². The molecule has 2 aliphatic rings. The number of carbonyl (C=O) groups excluding carboxylic acids is 1. The molecule has 102 valence electrons.